The molecule has 4 fully saturated rings. The van der Waals surface area contributed by atoms with Crippen molar-refractivity contribution in [2.75, 3.05) is 0 Å². The number of carbonyl (C=O) groups excluding carboxylic acids is 2. The van der Waals surface area contributed by atoms with E-state index in [0.29, 0.717) is 6.42 Å². The first-order valence-corrected chi connectivity index (χ1v) is 7.30. The Labute approximate surface area is 112 Å². The molecule has 0 aromatic heterocycles. The number of hydrogen-bond donors (Lipinski definition) is 0. The Kier molecular flexibility index (Phi) is 1.91. The zero-order valence-electron chi connectivity index (χ0n) is 11.7. The molecule has 19 heavy (non-hydrogen) atoms. The lowest BCUT2D eigenvalue weighted by molar-refractivity contribution is -0.152. The van der Waals surface area contributed by atoms with E-state index in [1.54, 1.807) is 0 Å². The van der Waals surface area contributed by atoms with Crippen LogP contribution in [0.5, 0.6) is 0 Å². The first-order chi connectivity index (χ1) is 8.86. The van der Waals surface area contributed by atoms with E-state index in [0.717, 1.165) is 19.3 Å². The number of carbonyl (C=O) groups is 2. The van der Waals surface area contributed by atoms with E-state index in [-0.39, 0.29) is 35.1 Å². The molecule has 1 spiro atoms. The van der Waals surface area contributed by atoms with Gasteiger partial charge >= 0.3 is 5.97 Å². The van der Waals surface area contributed by atoms with E-state index >= 15 is 0 Å². The van der Waals surface area contributed by atoms with Crippen LogP contribution in [0.3, 0.4) is 0 Å². The number of rotatable bonds is 0. The summed E-state index contributed by atoms with van der Waals surface area (Å²) in [6.45, 7) is 6.04. The van der Waals surface area contributed by atoms with Crippen LogP contribution in [0.2, 0.25) is 0 Å². The van der Waals surface area contributed by atoms with Gasteiger partial charge in [0.2, 0.25) is 0 Å². The maximum Gasteiger partial charge on any atom is 0.309 e. The monoisotopic (exact) mass is 264 g/mol. The molecule has 0 unspecified atom stereocenters. The fourth-order valence-electron chi connectivity index (χ4n) is 5.08. The van der Waals surface area contributed by atoms with Crippen molar-refractivity contribution in [2.45, 2.75) is 63.8 Å². The molecular formula is C15H20O4. The molecule has 4 rings (SSSR count). The van der Waals surface area contributed by atoms with Gasteiger partial charge in [-0.05, 0) is 26.2 Å². The molecule has 2 aliphatic heterocycles. The summed E-state index contributed by atoms with van der Waals surface area (Å²) in [6.07, 6.45) is 3.26. The smallest absolute Gasteiger partial charge is 0.309 e. The van der Waals surface area contributed by atoms with Crippen molar-refractivity contribution in [1.82, 2.24) is 0 Å². The molecule has 4 heteroatoms. The summed E-state index contributed by atoms with van der Waals surface area (Å²) in [5, 5.41) is 0. The zero-order chi connectivity index (χ0) is 13.6. The third kappa shape index (κ3) is 1.04. The fraction of sp³-hybridized carbons (Fsp3) is 0.867. The molecular weight excluding hydrogens is 244 g/mol. The van der Waals surface area contributed by atoms with Gasteiger partial charge in [-0.2, -0.15) is 0 Å². The maximum atomic E-state index is 12.2. The standard InChI is InChI=1S/C15H20O4/c1-8-9-4-6-13(2)7-5-10(16)14(3)15(13,19-14)11(9)18-12(8)17/h8-9,11H,4-7H2,1-3H3/t8-,9-,11-,13-,14-,15+/m0/s1. The number of ether oxygens (including phenoxy) is 2. The van der Waals surface area contributed by atoms with Gasteiger partial charge in [-0.1, -0.05) is 13.8 Å². The minimum absolute atomic E-state index is 0.0266. The molecule has 2 heterocycles. The summed E-state index contributed by atoms with van der Waals surface area (Å²) in [4.78, 5) is 24.1. The summed E-state index contributed by atoms with van der Waals surface area (Å²) < 4.78 is 11.7. The SMILES string of the molecule is C[C@@H]1C(=O)O[C@H]2[C@H]1CC[C@@]1(C)CCC(=O)[C@]3(C)O[C@]213. The molecule has 2 aliphatic carbocycles. The summed E-state index contributed by atoms with van der Waals surface area (Å²) in [7, 11) is 0. The minimum Gasteiger partial charge on any atom is -0.459 e. The lowest BCUT2D eigenvalue weighted by Crippen LogP contribution is -2.59. The number of esters is 1. The first-order valence-electron chi connectivity index (χ1n) is 7.30. The number of fused-ring (bicyclic) bond motifs is 1. The van der Waals surface area contributed by atoms with Crippen LogP contribution in [0.1, 0.15) is 46.5 Å². The molecule has 2 saturated carbocycles. The second kappa shape index (κ2) is 3.05. The first kappa shape index (κ1) is 11.9. The van der Waals surface area contributed by atoms with E-state index in [4.69, 9.17) is 9.47 Å². The van der Waals surface area contributed by atoms with Gasteiger partial charge in [0.05, 0.1) is 5.92 Å². The lowest BCUT2D eigenvalue weighted by atomic mass is 9.53. The molecule has 0 aromatic carbocycles. The average molecular weight is 264 g/mol. The molecule has 0 N–H and O–H groups in total. The maximum absolute atomic E-state index is 12.2. The van der Waals surface area contributed by atoms with Gasteiger partial charge in [-0.15, -0.1) is 0 Å². The molecule has 6 atom stereocenters. The average Bonchev–Trinajstić information content (AvgIpc) is 2.92. The van der Waals surface area contributed by atoms with E-state index in [9.17, 15) is 9.59 Å². The van der Waals surface area contributed by atoms with Crippen LogP contribution in [-0.4, -0.2) is 29.1 Å². The van der Waals surface area contributed by atoms with Crippen LogP contribution in [0, 0.1) is 17.3 Å². The predicted molar refractivity (Wildman–Crippen MR) is 66.3 cm³/mol. The van der Waals surface area contributed by atoms with Crippen LogP contribution >= 0.6 is 0 Å². The quantitative estimate of drug-likeness (QED) is 0.495. The molecule has 104 valence electrons. The summed E-state index contributed by atoms with van der Waals surface area (Å²) in [5.41, 5.74) is -1.28. The number of Topliss-reactive ketones (excluding diaryl/α,β-unsaturated/α-hetero) is 1. The summed E-state index contributed by atoms with van der Waals surface area (Å²) in [5.74, 6) is 0.216. The summed E-state index contributed by atoms with van der Waals surface area (Å²) in [6, 6.07) is 0. The molecule has 0 radical (unpaired) electrons. The number of hydrogen-bond acceptors (Lipinski definition) is 4. The minimum atomic E-state index is -0.715. The largest absolute Gasteiger partial charge is 0.459 e. The molecule has 0 aromatic rings. The van der Waals surface area contributed by atoms with Crippen molar-refractivity contribution in [3.63, 3.8) is 0 Å². The topological polar surface area (TPSA) is 55.9 Å². The Bertz CT molecular complexity index is 500. The second-order valence-electron chi connectivity index (χ2n) is 7.20. The molecule has 0 bridgehead atoms. The van der Waals surface area contributed by atoms with Crippen molar-refractivity contribution in [1.29, 1.82) is 0 Å². The highest BCUT2D eigenvalue weighted by Gasteiger charge is 2.86. The Morgan fingerprint density at radius 3 is 2.68 bits per heavy atom. The normalized spacial score (nSPS) is 59.0. The number of ketones is 1. The molecule has 4 nitrogen and oxygen atoms in total. The van der Waals surface area contributed by atoms with E-state index in [1.165, 1.54) is 0 Å². The van der Waals surface area contributed by atoms with E-state index in [1.807, 2.05) is 13.8 Å². The highest BCUT2D eigenvalue weighted by molar-refractivity contribution is 5.93. The van der Waals surface area contributed by atoms with Gasteiger partial charge in [0.15, 0.2) is 11.4 Å². The van der Waals surface area contributed by atoms with Crippen molar-refractivity contribution >= 4 is 11.8 Å². The van der Waals surface area contributed by atoms with Gasteiger partial charge in [0.25, 0.3) is 0 Å². The Morgan fingerprint density at radius 2 is 1.95 bits per heavy atom. The van der Waals surface area contributed by atoms with Crippen LogP contribution in [0.25, 0.3) is 0 Å². The fourth-order valence-corrected chi connectivity index (χ4v) is 5.08. The van der Waals surface area contributed by atoms with Gasteiger partial charge in [0.1, 0.15) is 11.7 Å². The van der Waals surface area contributed by atoms with Crippen molar-refractivity contribution < 1.29 is 19.1 Å². The van der Waals surface area contributed by atoms with Crippen molar-refractivity contribution in [3.05, 3.63) is 0 Å². The number of epoxide rings is 1. The van der Waals surface area contributed by atoms with Crippen LogP contribution < -0.4 is 0 Å². The van der Waals surface area contributed by atoms with Crippen LogP contribution in [-0.2, 0) is 19.1 Å². The third-order valence-electron chi connectivity index (χ3n) is 6.44. The van der Waals surface area contributed by atoms with Gasteiger partial charge in [-0.25, -0.2) is 0 Å². The Morgan fingerprint density at radius 1 is 1.21 bits per heavy atom. The molecule has 2 saturated heterocycles. The van der Waals surface area contributed by atoms with Crippen molar-refractivity contribution in [3.8, 4) is 0 Å². The van der Waals surface area contributed by atoms with Crippen LogP contribution in [0.15, 0.2) is 0 Å². The zero-order valence-corrected chi connectivity index (χ0v) is 11.7. The Balaban J connectivity index is 1.82. The lowest BCUT2D eigenvalue weighted by Gasteiger charge is -2.48. The summed E-state index contributed by atoms with van der Waals surface area (Å²) >= 11 is 0. The van der Waals surface area contributed by atoms with Crippen molar-refractivity contribution in [2.24, 2.45) is 17.3 Å². The van der Waals surface area contributed by atoms with Gasteiger partial charge in [0, 0.05) is 17.8 Å². The van der Waals surface area contributed by atoms with Crippen LogP contribution in [0.4, 0.5) is 0 Å². The van der Waals surface area contributed by atoms with E-state index < -0.39 is 11.2 Å². The second-order valence-corrected chi connectivity index (χ2v) is 7.20. The van der Waals surface area contributed by atoms with E-state index in [2.05, 4.69) is 6.92 Å². The van der Waals surface area contributed by atoms with Gasteiger partial charge in [-0.3, -0.25) is 9.59 Å². The van der Waals surface area contributed by atoms with Gasteiger partial charge < -0.3 is 9.47 Å². The molecule has 0 amide bonds. The third-order valence-corrected chi connectivity index (χ3v) is 6.44. The Hall–Kier alpha value is -0.900. The highest BCUT2D eigenvalue weighted by atomic mass is 16.7. The highest BCUT2D eigenvalue weighted by Crippen LogP contribution is 2.72. The molecule has 4 aliphatic rings. The predicted octanol–water partition coefficient (Wildman–Crippen LogP) is 1.85.